The molecular formula is C28H32F3N5O3. The third kappa shape index (κ3) is 6.36. The van der Waals surface area contributed by atoms with Crippen LogP contribution < -0.4 is 5.32 Å². The minimum absolute atomic E-state index is 0.00154. The number of nitrogens with zero attached hydrogens (tertiary/aromatic N) is 4. The third-order valence-corrected chi connectivity index (χ3v) is 6.98. The topological polar surface area (TPSA) is 79.4 Å². The second-order valence-corrected chi connectivity index (χ2v) is 9.69. The van der Waals surface area contributed by atoms with E-state index in [9.17, 15) is 27.9 Å². The molecule has 0 radical (unpaired) electrons. The summed E-state index contributed by atoms with van der Waals surface area (Å²) in [6.45, 7) is 2.04. The lowest BCUT2D eigenvalue weighted by molar-refractivity contribution is -0.211. The molecule has 2 aliphatic heterocycles. The number of alkyl halides is 3. The number of benzene rings is 2. The number of hydrogen-bond donors (Lipinski definition) is 2. The Hall–Kier alpha value is -3.59. The number of amides is 3. The first-order valence-electron chi connectivity index (χ1n) is 12.8. The van der Waals surface area contributed by atoms with Crippen molar-refractivity contribution in [3.05, 3.63) is 71.3 Å². The summed E-state index contributed by atoms with van der Waals surface area (Å²) in [5, 5.41) is 17.1. The second-order valence-electron chi connectivity index (χ2n) is 9.69. The normalized spacial score (nSPS) is 22.4. The zero-order valence-electron chi connectivity index (χ0n) is 21.6. The van der Waals surface area contributed by atoms with Crippen molar-refractivity contribution in [3.8, 4) is 12.3 Å². The molecule has 4 rings (SSSR count). The lowest BCUT2D eigenvalue weighted by atomic mass is 10.00. The smallest absolute Gasteiger partial charge is 0.376 e. The fourth-order valence-corrected chi connectivity index (χ4v) is 5.24. The first kappa shape index (κ1) is 28.4. The molecule has 0 bridgehead atoms. The summed E-state index contributed by atoms with van der Waals surface area (Å²) in [5.41, 5.74) is 0.455. The number of aliphatic hydroxyl groups is 1. The number of halogens is 3. The minimum Gasteiger partial charge on any atom is -0.376 e. The Morgan fingerprint density at radius 2 is 1.87 bits per heavy atom. The number of fused-ring (bicyclic) bond motifs is 1. The Bertz CT molecular complexity index is 1200. The highest BCUT2D eigenvalue weighted by molar-refractivity contribution is 5.83. The van der Waals surface area contributed by atoms with Gasteiger partial charge in [0.15, 0.2) is 0 Å². The quantitative estimate of drug-likeness (QED) is 0.525. The third-order valence-electron chi connectivity index (χ3n) is 6.98. The van der Waals surface area contributed by atoms with Crippen molar-refractivity contribution < 1.29 is 27.9 Å². The van der Waals surface area contributed by atoms with Crippen LogP contribution in [0.1, 0.15) is 36.5 Å². The summed E-state index contributed by atoms with van der Waals surface area (Å²) in [5.74, 6) is 2.21. The maximum Gasteiger partial charge on any atom is 0.416 e. The number of hydrazine groups is 1. The predicted molar refractivity (Wildman–Crippen MR) is 138 cm³/mol. The summed E-state index contributed by atoms with van der Waals surface area (Å²) < 4.78 is 40.0. The van der Waals surface area contributed by atoms with E-state index in [1.807, 2.05) is 37.3 Å². The molecule has 0 aliphatic carbocycles. The Kier molecular flexibility index (Phi) is 8.80. The first-order valence-corrected chi connectivity index (χ1v) is 12.8. The molecule has 0 saturated carbocycles. The van der Waals surface area contributed by atoms with Gasteiger partial charge in [-0.05, 0) is 23.6 Å². The summed E-state index contributed by atoms with van der Waals surface area (Å²) in [7, 11) is 0. The number of urea groups is 1. The van der Waals surface area contributed by atoms with E-state index in [0.717, 1.165) is 17.7 Å². The van der Waals surface area contributed by atoms with Crippen molar-refractivity contribution in [1.29, 1.82) is 0 Å². The molecule has 2 heterocycles. The van der Waals surface area contributed by atoms with Crippen molar-refractivity contribution in [2.45, 2.75) is 57.5 Å². The van der Waals surface area contributed by atoms with Crippen LogP contribution in [-0.2, 0) is 24.1 Å². The molecule has 2 fully saturated rings. The molecule has 2 aromatic carbocycles. The molecule has 208 valence electrons. The van der Waals surface area contributed by atoms with Gasteiger partial charge in [-0.3, -0.25) is 9.69 Å². The molecule has 0 aromatic heterocycles. The lowest BCUT2D eigenvalue weighted by Crippen LogP contribution is -2.77. The van der Waals surface area contributed by atoms with Crippen molar-refractivity contribution >= 4 is 11.9 Å². The summed E-state index contributed by atoms with van der Waals surface area (Å²) in [6.07, 6.45) is 0.191. The van der Waals surface area contributed by atoms with Gasteiger partial charge in [-0.1, -0.05) is 67.8 Å². The standard InChI is InChI=1S/C28H32F3N5O3/c1-3-9-23-26(38)33(17-21-12-8-13-22(15-21)28(29,30)31)18-24-35(23)25(37)19-34(14-4-2)36(24)27(39)32-16-20-10-6-5-7-11-20/h2,5-8,10-13,15,23-24,26,38H,3,9,14,16-19H2,1H3,(H,32,39)/t23-,24-,26?/m0/s1. The number of piperazine rings is 1. The molecule has 2 saturated heterocycles. The van der Waals surface area contributed by atoms with Crippen molar-refractivity contribution in [1.82, 2.24) is 25.1 Å². The molecule has 3 atom stereocenters. The van der Waals surface area contributed by atoms with Crippen LogP contribution in [0.15, 0.2) is 54.6 Å². The zero-order valence-corrected chi connectivity index (χ0v) is 21.6. The van der Waals surface area contributed by atoms with Crippen LogP contribution in [0.4, 0.5) is 18.0 Å². The molecule has 2 aliphatic rings. The number of hydrogen-bond acceptors (Lipinski definition) is 5. The van der Waals surface area contributed by atoms with E-state index in [-0.39, 0.29) is 38.6 Å². The number of aliphatic hydroxyl groups excluding tert-OH is 1. The van der Waals surface area contributed by atoms with Crippen LogP contribution in [-0.4, -0.2) is 74.9 Å². The highest BCUT2D eigenvalue weighted by Gasteiger charge is 2.51. The fraction of sp³-hybridized carbons (Fsp3) is 0.429. The van der Waals surface area contributed by atoms with E-state index < -0.39 is 36.2 Å². The molecule has 3 amide bonds. The number of terminal acetylenes is 1. The van der Waals surface area contributed by atoms with Crippen LogP contribution in [0.2, 0.25) is 0 Å². The van der Waals surface area contributed by atoms with Gasteiger partial charge in [0.1, 0.15) is 12.4 Å². The van der Waals surface area contributed by atoms with Crippen LogP contribution in [0.25, 0.3) is 0 Å². The average Bonchev–Trinajstić information content (AvgIpc) is 2.90. The summed E-state index contributed by atoms with van der Waals surface area (Å²) >= 11 is 0. The largest absolute Gasteiger partial charge is 0.416 e. The Labute approximate surface area is 225 Å². The fourth-order valence-electron chi connectivity index (χ4n) is 5.24. The molecule has 0 spiro atoms. The Morgan fingerprint density at radius 3 is 2.54 bits per heavy atom. The molecule has 39 heavy (non-hydrogen) atoms. The SMILES string of the molecule is C#CCN1CC(=O)N2[C@@H](CCC)C(O)N(Cc3cccc(C(F)(F)F)c3)C[C@@H]2N1C(=O)NCc1ccccc1. The van der Waals surface area contributed by atoms with E-state index in [1.54, 1.807) is 11.0 Å². The van der Waals surface area contributed by atoms with E-state index in [2.05, 4.69) is 11.2 Å². The van der Waals surface area contributed by atoms with Crippen molar-refractivity contribution in [2.24, 2.45) is 0 Å². The molecule has 1 unspecified atom stereocenters. The second kappa shape index (κ2) is 12.1. The highest BCUT2D eigenvalue weighted by atomic mass is 19.4. The van der Waals surface area contributed by atoms with Crippen LogP contribution >= 0.6 is 0 Å². The maximum atomic E-state index is 13.5. The van der Waals surface area contributed by atoms with Gasteiger partial charge in [0.05, 0.1) is 24.7 Å². The number of rotatable bonds is 7. The van der Waals surface area contributed by atoms with Gasteiger partial charge in [0.2, 0.25) is 5.91 Å². The molecular weight excluding hydrogens is 511 g/mol. The van der Waals surface area contributed by atoms with Gasteiger partial charge in [0.25, 0.3) is 0 Å². The lowest BCUT2D eigenvalue weighted by Gasteiger charge is -2.57. The Morgan fingerprint density at radius 1 is 1.15 bits per heavy atom. The van der Waals surface area contributed by atoms with Gasteiger partial charge in [-0.2, -0.15) is 18.2 Å². The van der Waals surface area contributed by atoms with Crippen LogP contribution in [0, 0.1) is 12.3 Å². The van der Waals surface area contributed by atoms with Gasteiger partial charge in [-0.15, -0.1) is 6.42 Å². The van der Waals surface area contributed by atoms with Crippen LogP contribution in [0.5, 0.6) is 0 Å². The number of carbonyl (C=O) groups is 2. The predicted octanol–water partition coefficient (Wildman–Crippen LogP) is 3.24. The van der Waals surface area contributed by atoms with Crippen molar-refractivity contribution in [3.63, 3.8) is 0 Å². The average molecular weight is 544 g/mol. The molecule has 2 aromatic rings. The van der Waals surface area contributed by atoms with Gasteiger partial charge in [-0.25, -0.2) is 9.80 Å². The highest BCUT2D eigenvalue weighted by Crippen LogP contribution is 2.33. The summed E-state index contributed by atoms with van der Waals surface area (Å²) in [4.78, 5) is 30.0. The molecule has 8 nitrogen and oxygen atoms in total. The van der Waals surface area contributed by atoms with Gasteiger partial charge < -0.3 is 15.3 Å². The number of carbonyl (C=O) groups excluding carboxylic acids is 2. The maximum absolute atomic E-state index is 13.5. The van der Waals surface area contributed by atoms with E-state index in [1.165, 1.54) is 21.0 Å². The molecule has 11 heteroatoms. The molecule has 2 N–H and O–H groups in total. The van der Waals surface area contributed by atoms with Crippen LogP contribution in [0.3, 0.4) is 0 Å². The Balaban J connectivity index is 1.64. The summed E-state index contributed by atoms with van der Waals surface area (Å²) in [6, 6.07) is 13.1. The van der Waals surface area contributed by atoms with E-state index >= 15 is 0 Å². The number of nitrogens with one attached hydrogen (secondary N) is 1. The minimum atomic E-state index is -4.50. The van der Waals surface area contributed by atoms with Crippen molar-refractivity contribution in [2.75, 3.05) is 19.6 Å². The first-order chi connectivity index (χ1) is 18.6. The zero-order chi connectivity index (χ0) is 28.2. The monoisotopic (exact) mass is 543 g/mol. The van der Waals surface area contributed by atoms with Gasteiger partial charge >= 0.3 is 12.2 Å². The van der Waals surface area contributed by atoms with Gasteiger partial charge in [0, 0.05) is 19.6 Å². The van der Waals surface area contributed by atoms with E-state index in [4.69, 9.17) is 6.42 Å². The van der Waals surface area contributed by atoms with E-state index in [0.29, 0.717) is 18.4 Å².